The molecule has 0 bridgehead atoms. The van der Waals surface area contributed by atoms with E-state index in [1.807, 2.05) is 22.6 Å². The number of carboxylic acid groups (broad SMARTS) is 1. The molecule has 0 unspecified atom stereocenters. The Bertz CT molecular complexity index is 533. The molecule has 1 aromatic carbocycles. The molecule has 1 atom stereocenters. The number of aliphatic carboxylic acids is 1. The Hall–Kier alpha value is -1.68. The minimum absolute atomic E-state index is 0.0212. The lowest BCUT2D eigenvalue weighted by Crippen LogP contribution is -2.37. The SMILES string of the molecule is [C-]#[N+][C@](CC=CI)(CC(=O)c1ccccc1)C(=O)O. The number of carbonyl (C=O) groups is 2. The molecule has 0 aromatic heterocycles. The molecule has 98 valence electrons. The molecule has 0 aliphatic heterocycles. The molecule has 0 radical (unpaired) electrons. The van der Waals surface area contributed by atoms with E-state index < -0.39 is 11.5 Å². The summed E-state index contributed by atoms with van der Waals surface area (Å²) in [5, 5.41) is 9.24. The van der Waals surface area contributed by atoms with Gasteiger partial charge < -0.3 is 5.11 Å². The van der Waals surface area contributed by atoms with E-state index in [1.54, 1.807) is 40.5 Å². The Balaban J connectivity index is 2.99. The second-order valence-electron chi connectivity index (χ2n) is 3.98. The van der Waals surface area contributed by atoms with Crippen molar-refractivity contribution in [3.8, 4) is 0 Å². The van der Waals surface area contributed by atoms with Crippen molar-refractivity contribution >= 4 is 34.3 Å². The van der Waals surface area contributed by atoms with Gasteiger partial charge in [0.25, 0.3) is 0 Å². The second kappa shape index (κ2) is 7.04. The number of hydrogen-bond donors (Lipinski definition) is 1. The van der Waals surface area contributed by atoms with Crippen LogP contribution in [-0.4, -0.2) is 22.4 Å². The topological polar surface area (TPSA) is 58.7 Å². The fourth-order valence-corrected chi connectivity index (χ4v) is 1.85. The highest BCUT2D eigenvalue weighted by Gasteiger charge is 2.46. The van der Waals surface area contributed by atoms with E-state index in [9.17, 15) is 14.7 Å². The quantitative estimate of drug-likeness (QED) is 0.475. The van der Waals surface area contributed by atoms with Crippen LogP contribution < -0.4 is 0 Å². The first-order valence-electron chi connectivity index (χ1n) is 5.51. The van der Waals surface area contributed by atoms with Crippen LogP contribution in [0.3, 0.4) is 0 Å². The maximum Gasteiger partial charge on any atom is 0.391 e. The Kier molecular flexibility index (Phi) is 5.70. The number of benzene rings is 1. The van der Waals surface area contributed by atoms with E-state index in [0.29, 0.717) is 5.56 Å². The number of rotatable bonds is 6. The van der Waals surface area contributed by atoms with Gasteiger partial charge in [-0.3, -0.25) is 9.64 Å². The Morgan fingerprint density at radius 2 is 2.00 bits per heavy atom. The van der Waals surface area contributed by atoms with Gasteiger partial charge in [0, 0.05) is 5.56 Å². The van der Waals surface area contributed by atoms with Gasteiger partial charge in [-0.15, -0.1) is 0 Å². The fourth-order valence-electron chi connectivity index (χ4n) is 1.60. The predicted molar refractivity (Wildman–Crippen MR) is 80.1 cm³/mol. The highest BCUT2D eigenvalue weighted by molar-refractivity contribution is 14.1. The van der Waals surface area contributed by atoms with Gasteiger partial charge in [-0.05, 0) is 4.08 Å². The van der Waals surface area contributed by atoms with Crippen LogP contribution in [0.1, 0.15) is 23.2 Å². The molecule has 0 amide bonds. The third-order valence-corrected chi connectivity index (χ3v) is 3.21. The van der Waals surface area contributed by atoms with Crippen molar-refractivity contribution in [1.82, 2.24) is 0 Å². The molecule has 0 aliphatic carbocycles. The summed E-state index contributed by atoms with van der Waals surface area (Å²) in [6.07, 6.45) is 1.29. The highest BCUT2D eigenvalue weighted by atomic mass is 127. The van der Waals surface area contributed by atoms with Gasteiger partial charge in [0.05, 0.1) is 6.42 Å². The van der Waals surface area contributed by atoms with Gasteiger partial charge in [-0.1, -0.05) is 59.0 Å². The molecule has 1 rings (SSSR count). The van der Waals surface area contributed by atoms with Crippen LogP contribution in [0, 0.1) is 6.57 Å². The summed E-state index contributed by atoms with van der Waals surface area (Å²) in [5.41, 5.74) is -1.29. The molecule has 0 saturated carbocycles. The molecule has 5 heteroatoms. The van der Waals surface area contributed by atoms with E-state index in [0.717, 1.165) is 0 Å². The van der Waals surface area contributed by atoms with Crippen molar-refractivity contribution in [2.24, 2.45) is 0 Å². The molecule has 0 saturated heterocycles. The zero-order valence-electron chi connectivity index (χ0n) is 10.0. The van der Waals surface area contributed by atoms with Crippen molar-refractivity contribution in [2.45, 2.75) is 18.4 Å². The molecule has 1 N–H and O–H groups in total. The number of Topliss-reactive ketones (excluding diaryl/α,β-unsaturated/α-hetero) is 1. The van der Waals surface area contributed by atoms with E-state index in [1.165, 1.54) is 0 Å². The second-order valence-corrected chi connectivity index (χ2v) is 4.70. The monoisotopic (exact) mass is 369 g/mol. The summed E-state index contributed by atoms with van der Waals surface area (Å²) in [5.74, 6) is -1.60. The van der Waals surface area contributed by atoms with Gasteiger partial charge in [0.1, 0.15) is 6.42 Å². The number of carbonyl (C=O) groups excluding carboxylic acids is 1. The van der Waals surface area contributed by atoms with Crippen LogP contribution in [0.25, 0.3) is 4.85 Å². The van der Waals surface area contributed by atoms with Crippen LogP contribution >= 0.6 is 22.6 Å². The minimum Gasteiger partial charge on any atom is -0.475 e. The minimum atomic E-state index is -1.71. The lowest BCUT2D eigenvalue weighted by Gasteiger charge is -2.14. The molecule has 0 aliphatic rings. The van der Waals surface area contributed by atoms with Crippen molar-refractivity contribution in [2.75, 3.05) is 0 Å². The largest absolute Gasteiger partial charge is 0.475 e. The number of nitrogens with zero attached hydrogens (tertiary/aromatic N) is 1. The van der Waals surface area contributed by atoms with Gasteiger partial charge in [-0.2, -0.15) is 0 Å². The van der Waals surface area contributed by atoms with Crippen molar-refractivity contribution in [3.63, 3.8) is 0 Å². The van der Waals surface area contributed by atoms with Crippen LogP contribution in [0.2, 0.25) is 0 Å². The van der Waals surface area contributed by atoms with E-state index in [-0.39, 0.29) is 18.6 Å². The summed E-state index contributed by atoms with van der Waals surface area (Å²) in [6.45, 7) is 7.13. The molecule has 0 heterocycles. The predicted octanol–water partition coefficient (Wildman–Crippen LogP) is 3.34. The molecule has 1 aromatic rings. The summed E-state index contributed by atoms with van der Waals surface area (Å²) >= 11 is 1.95. The van der Waals surface area contributed by atoms with E-state index in [2.05, 4.69) is 4.85 Å². The zero-order valence-corrected chi connectivity index (χ0v) is 12.2. The Labute approximate surface area is 125 Å². The third-order valence-electron chi connectivity index (χ3n) is 2.71. The van der Waals surface area contributed by atoms with Crippen LogP contribution in [0.5, 0.6) is 0 Å². The summed E-state index contributed by atoms with van der Waals surface area (Å²) in [4.78, 5) is 26.6. The average molecular weight is 369 g/mol. The van der Waals surface area contributed by atoms with E-state index >= 15 is 0 Å². The van der Waals surface area contributed by atoms with Gasteiger partial charge in [0.2, 0.25) is 0 Å². The summed E-state index contributed by atoms with van der Waals surface area (Å²) < 4.78 is 1.65. The number of carboxylic acids is 1. The molecular formula is C14H12INO3. The normalized spacial score (nSPS) is 13.7. The lowest BCUT2D eigenvalue weighted by atomic mass is 9.88. The Morgan fingerprint density at radius 3 is 2.47 bits per heavy atom. The first kappa shape index (κ1) is 15.4. The standard InChI is InChI=1S/C14H12INO3/c1-16-14(13(18)19,8-5-9-15)10-12(17)11-6-3-2-4-7-11/h2-7,9H,8,10H2,(H,18,19)/t14-/m1/s1. The van der Waals surface area contributed by atoms with Crippen molar-refractivity contribution < 1.29 is 14.7 Å². The first-order chi connectivity index (χ1) is 9.05. The van der Waals surface area contributed by atoms with Crippen LogP contribution in [-0.2, 0) is 4.79 Å². The maximum absolute atomic E-state index is 12.1. The molecular weight excluding hydrogens is 357 g/mol. The third kappa shape index (κ3) is 3.89. The molecule has 19 heavy (non-hydrogen) atoms. The van der Waals surface area contributed by atoms with Gasteiger partial charge >= 0.3 is 11.5 Å². The smallest absolute Gasteiger partial charge is 0.391 e. The number of ketones is 1. The Morgan fingerprint density at radius 1 is 1.37 bits per heavy atom. The number of hydrogen-bond acceptors (Lipinski definition) is 2. The molecule has 0 spiro atoms. The maximum atomic E-state index is 12.1. The average Bonchev–Trinajstić information content (AvgIpc) is 2.44. The molecule has 4 nitrogen and oxygen atoms in total. The van der Waals surface area contributed by atoms with Crippen molar-refractivity contribution in [1.29, 1.82) is 0 Å². The summed E-state index contributed by atoms with van der Waals surface area (Å²) in [6, 6.07) is 8.42. The highest BCUT2D eigenvalue weighted by Crippen LogP contribution is 2.25. The van der Waals surface area contributed by atoms with Crippen LogP contribution in [0.4, 0.5) is 0 Å². The van der Waals surface area contributed by atoms with Gasteiger partial charge in [-0.25, -0.2) is 11.4 Å². The van der Waals surface area contributed by atoms with Crippen molar-refractivity contribution in [3.05, 3.63) is 57.5 Å². The zero-order chi connectivity index (χ0) is 14.3. The van der Waals surface area contributed by atoms with Crippen LogP contribution in [0.15, 0.2) is 40.5 Å². The summed E-state index contributed by atoms with van der Waals surface area (Å²) in [7, 11) is 0. The first-order valence-corrected chi connectivity index (χ1v) is 6.76. The lowest BCUT2D eigenvalue weighted by molar-refractivity contribution is -0.141. The fraction of sp³-hybridized carbons (Fsp3) is 0.214. The number of halogens is 1. The van der Waals surface area contributed by atoms with Gasteiger partial charge in [0.15, 0.2) is 5.78 Å². The van der Waals surface area contributed by atoms with E-state index in [4.69, 9.17) is 6.57 Å². The molecule has 0 fully saturated rings.